The largest absolute Gasteiger partial charge is 0.481 e. The van der Waals surface area contributed by atoms with Crippen molar-refractivity contribution in [2.24, 2.45) is 0 Å². The molecule has 0 radical (unpaired) electrons. The summed E-state index contributed by atoms with van der Waals surface area (Å²) in [5.41, 5.74) is 0.766. The number of carboxylic acid groups (broad SMARTS) is 1. The number of carbonyl (C=O) groups is 2. The molecule has 1 aromatic rings. The van der Waals surface area contributed by atoms with Crippen LogP contribution < -0.4 is 5.32 Å². The minimum absolute atomic E-state index is 0.0327. The van der Waals surface area contributed by atoms with Crippen LogP contribution in [-0.4, -0.2) is 54.2 Å². The number of nitrogens with zero attached hydrogens (tertiary/aromatic N) is 1. The minimum Gasteiger partial charge on any atom is -0.481 e. The average Bonchev–Trinajstić information content (AvgIpc) is 2.37. The van der Waals surface area contributed by atoms with Crippen LogP contribution in [0.3, 0.4) is 0 Å². The Morgan fingerprint density at radius 1 is 1.48 bits per heavy atom. The highest BCUT2D eigenvalue weighted by molar-refractivity contribution is 14.1. The number of carboxylic acids is 1. The van der Waals surface area contributed by atoms with Crippen LogP contribution in [0.5, 0.6) is 0 Å². The Balaban J connectivity index is 1.83. The first-order valence-electron chi connectivity index (χ1n) is 6.64. The molecular formula is C14H17IN2O4. The van der Waals surface area contributed by atoms with Gasteiger partial charge in [-0.25, -0.2) is 0 Å². The van der Waals surface area contributed by atoms with Crippen LogP contribution in [0.15, 0.2) is 24.3 Å². The van der Waals surface area contributed by atoms with Gasteiger partial charge in [0.1, 0.15) is 0 Å². The molecule has 7 heteroatoms. The fraction of sp³-hybridized carbons (Fsp3) is 0.429. The third kappa shape index (κ3) is 5.60. The number of rotatable bonds is 5. The molecule has 1 saturated heterocycles. The Morgan fingerprint density at radius 3 is 3.00 bits per heavy atom. The molecule has 1 aromatic carbocycles. The van der Waals surface area contributed by atoms with E-state index >= 15 is 0 Å². The third-order valence-electron chi connectivity index (χ3n) is 3.10. The highest BCUT2D eigenvalue weighted by Crippen LogP contribution is 2.13. The Bertz CT molecular complexity index is 523. The molecule has 0 spiro atoms. The van der Waals surface area contributed by atoms with Crippen molar-refractivity contribution in [1.82, 2.24) is 4.90 Å². The number of aliphatic carboxylic acids is 1. The summed E-state index contributed by atoms with van der Waals surface area (Å²) in [5.74, 6) is -0.988. The van der Waals surface area contributed by atoms with Gasteiger partial charge in [-0.2, -0.15) is 0 Å². The molecule has 2 N–H and O–H groups in total. The van der Waals surface area contributed by atoms with Gasteiger partial charge in [-0.15, -0.1) is 0 Å². The number of benzene rings is 1. The molecule has 0 aromatic heterocycles. The van der Waals surface area contributed by atoms with Gasteiger partial charge in [0.05, 0.1) is 25.7 Å². The first-order chi connectivity index (χ1) is 10.0. The maximum atomic E-state index is 12.0. The molecule has 0 aliphatic carbocycles. The van der Waals surface area contributed by atoms with Gasteiger partial charge in [-0.05, 0) is 40.8 Å². The van der Waals surface area contributed by atoms with E-state index in [1.54, 1.807) is 0 Å². The number of anilines is 1. The fourth-order valence-corrected chi connectivity index (χ4v) is 2.76. The van der Waals surface area contributed by atoms with Crippen molar-refractivity contribution in [3.8, 4) is 0 Å². The van der Waals surface area contributed by atoms with Gasteiger partial charge in [0, 0.05) is 22.3 Å². The van der Waals surface area contributed by atoms with Crippen LogP contribution >= 0.6 is 22.6 Å². The van der Waals surface area contributed by atoms with Gasteiger partial charge in [-0.1, -0.05) is 6.07 Å². The van der Waals surface area contributed by atoms with Crippen molar-refractivity contribution >= 4 is 40.2 Å². The molecule has 1 amide bonds. The molecule has 1 aliphatic rings. The van der Waals surface area contributed by atoms with Crippen molar-refractivity contribution in [2.75, 3.05) is 31.6 Å². The maximum Gasteiger partial charge on any atom is 0.306 e. The van der Waals surface area contributed by atoms with Crippen LogP contribution in [0.25, 0.3) is 0 Å². The molecule has 1 heterocycles. The number of ether oxygens (including phenoxy) is 1. The van der Waals surface area contributed by atoms with E-state index in [1.807, 2.05) is 29.2 Å². The molecule has 21 heavy (non-hydrogen) atoms. The van der Waals surface area contributed by atoms with Crippen molar-refractivity contribution < 1.29 is 19.4 Å². The van der Waals surface area contributed by atoms with Crippen molar-refractivity contribution in [1.29, 1.82) is 0 Å². The van der Waals surface area contributed by atoms with Crippen LogP contribution in [-0.2, 0) is 14.3 Å². The van der Waals surface area contributed by atoms with Gasteiger partial charge in [-0.3, -0.25) is 14.5 Å². The third-order valence-corrected chi connectivity index (χ3v) is 3.77. The highest BCUT2D eigenvalue weighted by Gasteiger charge is 2.24. The summed E-state index contributed by atoms with van der Waals surface area (Å²) in [6, 6.07) is 7.57. The molecule has 1 fully saturated rings. The SMILES string of the molecule is O=C(O)CC1CN(CC(=O)Nc2cccc(I)c2)CCO1. The summed E-state index contributed by atoms with van der Waals surface area (Å²) < 4.78 is 6.43. The topological polar surface area (TPSA) is 78.9 Å². The second kappa shape index (κ2) is 7.71. The van der Waals surface area contributed by atoms with Crippen LogP contribution in [0.4, 0.5) is 5.69 Å². The van der Waals surface area contributed by atoms with Gasteiger partial charge in [0.15, 0.2) is 0 Å². The lowest BCUT2D eigenvalue weighted by molar-refractivity contribution is -0.142. The average molecular weight is 404 g/mol. The van der Waals surface area contributed by atoms with E-state index in [2.05, 4.69) is 27.9 Å². The molecule has 1 atom stereocenters. The quantitative estimate of drug-likeness (QED) is 0.726. The lowest BCUT2D eigenvalue weighted by Gasteiger charge is -2.31. The van der Waals surface area contributed by atoms with E-state index in [0.717, 1.165) is 9.26 Å². The molecule has 6 nitrogen and oxygen atoms in total. The molecule has 114 valence electrons. The van der Waals surface area contributed by atoms with Gasteiger partial charge < -0.3 is 15.2 Å². The Labute approximate surface area is 136 Å². The number of amides is 1. The Hall–Kier alpha value is -1.19. The normalized spacial score (nSPS) is 19.2. The van der Waals surface area contributed by atoms with Crippen molar-refractivity contribution in [3.05, 3.63) is 27.8 Å². The molecular weight excluding hydrogens is 387 g/mol. The van der Waals surface area contributed by atoms with E-state index in [9.17, 15) is 9.59 Å². The van der Waals surface area contributed by atoms with Crippen molar-refractivity contribution in [3.63, 3.8) is 0 Å². The number of halogens is 1. The van der Waals surface area contributed by atoms with E-state index in [4.69, 9.17) is 9.84 Å². The first kappa shape index (κ1) is 16.2. The Morgan fingerprint density at radius 2 is 2.29 bits per heavy atom. The number of carbonyl (C=O) groups excluding carboxylic acids is 1. The zero-order valence-corrected chi connectivity index (χ0v) is 13.6. The van der Waals surface area contributed by atoms with Crippen LogP contribution in [0.2, 0.25) is 0 Å². The van der Waals surface area contributed by atoms with Crippen molar-refractivity contribution in [2.45, 2.75) is 12.5 Å². The van der Waals surface area contributed by atoms with Crippen LogP contribution in [0, 0.1) is 3.57 Å². The summed E-state index contributed by atoms with van der Waals surface area (Å²) >= 11 is 2.19. The fourth-order valence-electron chi connectivity index (χ4n) is 2.21. The molecule has 0 saturated carbocycles. The molecule has 1 unspecified atom stereocenters. The molecule has 0 bridgehead atoms. The molecule has 2 rings (SSSR count). The maximum absolute atomic E-state index is 12.0. The van der Waals surface area contributed by atoms with E-state index < -0.39 is 5.97 Å². The monoisotopic (exact) mass is 404 g/mol. The second-order valence-corrected chi connectivity index (χ2v) is 6.13. The zero-order chi connectivity index (χ0) is 15.2. The first-order valence-corrected chi connectivity index (χ1v) is 7.72. The lowest BCUT2D eigenvalue weighted by atomic mass is 10.2. The second-order valence-electron chi connectivity index (χ2n) is 4.88. The predicted molar refractivity (Wildman–Crippen MR) is 86.2 cm³/mol. The van der Waals surface area contributed by atoms with E-state index in [1.165, 1.54) is 0 Å². The summed E-state index contributed by atoms with van der Waals surface area (Å²) in [6.07, 6.45) is -0.378. The Kier molecular flexibility index (Phi) is 5.95. The zero-order valence-electron chi connectivity index (χ0n) is 11.4. The minimum atomic E-state index is -0.884. The summed E-state index contributed by atoms with van der Waals surface area (Å²) in [6.45, 7) is 1.79. The molecule has 1 aliphatic heterocycles. The van der Waals surface area contributed by atoms with Gasteiger partial charge >= 0.3 is 5.97 Å². The summed E-state index contributed by atoms with van der Waals surface area (Å²) in [4.78, 5) is 24.6. The lowest BCUT2D eigenvalue weighted by Crippen LogP contribution is -2.46. The highest BCUT2D eigenvalue weighted by atomic mass is 127. The number of morpholine rings is 1. The standard InChI is InChI=1S/C14H17IN2O4/c15-10-2-1-3-11(6-10)16-13(18)9-17-4-5-21-12(8-17)7-14(19)20/h1-3,6,12H,4-5,7-9H2,(H,16,18)(H,19,20). The summed E-state index contributed by atoms with van der Waals surface area (Å²) in [7, 11) is 0. The predicted octanol–water partition coefficient (Wildman–Crippen LogP) is 1.41. The van der Waals surface area contributed by atoms with Gasteiger partial charge in [0.25, 0.3) is 0 Å². The number of hydrogen-bond donors (Lipinski definition) is 2. The number of hydrogen-bond acceptors (Lipinski definition) is 4. The van der Waals surface area contributed by atoms with Crippen LogP contribution in [0.1, 0.15) is 6.42 Å². The van der Waals surface area contributed by atoms with E-state index in [-0.39, 0.29) is 25.0 Å². The van der Waals surface area contributed by atoms with Gasteiger partial charge in [0.2, 0.25) is 5.91 Å². The smallest absolute Gasteiger partial charge is 0.306 e. The number of nitrogens with one attached hydrogen (secondary N) is 1. The van der Waals surface area contributed by atoms with E-state index in [0.29, 0.717) is 19.7 Å². The summed E-state index contributed by atoms with van der Waals surface area (Å²) in [5, 5.41) is 11.6.